The highest BCUT2D eigenvalue weighted by atomic mass is 32.1. The van der Waals surface area contributed by atoms with Crippen LogP contribution in [-0.2, 0) is 0 Å². The fourth-order valence-electron chi connectivity index (χ4n) is 1.82. The Labute approximate surface area is 110 Å². The van der Waals surface area contributed by atoms with Crippen molar-refractivity contribution in [1.82, 2.24) is 9.97 Å². The number of hydrogen-bond donors (Lipinski definition) is 1. The molecule has 90 valence electrons. The molecular formula is C14H13N3S. The Hall–Kier alpha value is -1.94. The maximum absolute atomic E-state index is 4.59. The largest absolute Gasteiger partial charge is 0.330 e. The van der Waals surface area contributed by atoms with Gasteiger partial charge >= 0.3 is 0 Å². The molecule has 0 spiro atoms. The van der Waals surface area contributed by atoms with Gasteiger partial charge < -0.3 is 5.32 Å². The number of fused-ring (bicyclic) bond motifs is 1. The van der Waals surface area contributed by atoms with Gasteiger partial charge in [0.25, 0.3) is 0 Å². The number of thiazole rings is 1. The third-order valence-corrected chi connectivity index (χ3v) is 3.74. The van der Waals surface area contributed by atoms with Crippen LogP contribution < -0.4 is 5.32 Å². The van der Waals surface area contributed by atoms with Crippen molar-refractivity contribution in [3.8, 4) is 0 Å². The number of pyridine rings is 1. The fraction of sp³-hybridized carbons (Fsp3) is 0.143. The highest BCUT2D eigenvalue weighted by Crippen LogP contribution is 2.29. The first-order valence-electron chi connectivity index (χ1n) is 5.78. The van der Waals surface area contributed by atoms with Crippen LogP contribution in [0.2, 0.25) is 0 Å². The third kappa shape index (κ3) is 2.07. The van der Waals surface area contributed by atoms with Crippen LogP contribution in [0.5, 0.6) is 0 Å². The molecule has 0 aliphatic heterocycles. The van der Waals surface area contributed by atoms with E-state index in [1.165, 1.54) is 10.3 Å². The summed E-state index contributed by atoms with van der Waals surface area (Å²) in [4.78, 5) is 8.85. The van der Waals surface area contributed by atoms with E-state index in [4.69, 9.17) is 0 Å². The molecule has 0 unspecified atom stereocenters. The van der Waals surface area contributed by atoms with Gasteiger partial charge in [-0.1, -0.05) is 17.4 Å². The van der Waals surface area contributed by atoms with Crippen LogP contribution in [0.4, 0.5) is 10.8 Å². The predicted octanol–water partition coefficient (Wildman–Crippen LogP) is 4.05. The maximum Gasteiger partial charge on any atom is 0.188 e. The number of rotatable bonds is 2. The van der Waals surface area contributed by atoms with Crippen molar-refractivity contribution >= 4 is 32.4 Å². The van der Waals surface area contributed by atoms with Gasteiger partial charge in [-0.3, -0.25) is 4.98 Å². The van der Waals surface area contributed by atoms with Gasteiger partial charge in [-0.05, 0) is 43.7 Å². The molecule has 0 aliphatic rings. The number of benzene rings is 1. The molecule has 18 heavy (non-hydrogen) atoms. The average Bonchev–Trinajstić information content (AvgIpc) is 2.73. The van der Waals surface area contributed by atoms with Crippen molar-refractivity contribution in [3.05, 3.63) is 47.8 Å². The van der Waals surface area contributed by atoms with Crippen LogP contribution >= 0.6 is 11.3 Å². The van der Waals surface area contributed by atoms with Gasteiger partial charge in [0, 0.05) is 6.20 Å². The normalized spacial score (nSPS) is 10.8. The van der Waals surface area contributed by atoms with E-state index < -0.39 is 0 Å². The van der Waals surface area contributed by atoms with Crippen LogP contribution in [0.15, 0.2) is 36.5 Å². The second-order valence-electron chi connectivity index (χ2n) is 4.25. The summed E-state index contributed by atoms with van der Waals surface area (Å²) in [5, 5.41) is 4.23. The minimum absolute atomic E-state index is 0.909. The molecule has 3 aromatic rings. The fourth-order valence-corrected chi connectivity index (χ4v) is 2.68. The van der Waals surface area contributed by atoms with E-state index in [1.54, 1.807) is 17.5 Å². The molecule has 1 N–H and O–H groups in total. The van der Waals surface area contributed by atoms with Crippen LogP contribution in [-0.4, -0.2) is 9.97 Å². The van der Waals surface area contributed by atoms with Gasteiger partial charge in [0.2, 0.25) is 0 Å². The SMILES string of the molecule is Cc1ccc2sc(Nc3cccnc3C)nc2c1. The molecule has 1 aromatic carbocycles. The number of hydrogen-bond acceptors (Lipinski definition) is 4. The summed E-state index contributed by atoms with van der Waals surface area (Å²) in [5.74, 6) is 0. The Morgan fingerprint density at radius 2 is 2.06 bits per heavy atom. The Kier molecular flexibility index (Phi) is 2.72. The highest BCUT2D eigenvalue weighted by Gasteiger charge is 2.05. The summed E-state index contributed by atoms with van der Waals surface area (Å²) in [5.41, 5.74) is 4.27. The van der Waals surface area contributed by atoms with Crippen molar-refractivity contribution < 1.29 is 0 Å². The van der Waals surface area contributed by atoms with E-state index in [2.05, 4.69) is 40.4 Å². The lowest BCUT2D eigenvalue weighted by Crippen LogP contribution is -1.93. The number of nitrogens with zero attached hydrogens (tertiary/aromatic N) is 2. The predicted molar refractivity (Wildman–Crippen MR) is 76.6 cm³/mol. The third-order valence-electron chi connectivity index (χ3n) is 2.79. The first-order chi connectivity index (χ1) is 8.72. The van der Waals surface area contributed by atoms with Gasteiger partial charge in [-0.25, -0.2) is 4.98 Å². The minimum Gasteiger partial charge on any atom is -0.330 e. The quantitative estimate of drug-likeness (QED) is 0.750. The standard InChI is InChI=1S/C14H13N3S/c1-9-5-6-13-12(8-9)17-14(18-13)16-11-4-3-7-15-10(11)2/h3-8H,1-2H3,(H,16,17). The monoisotopic (exact) mass is 255 g/mol. The molecule has 0 aliphatic carbocycles. The average molecular weight is 255 g/mol. The summed E-state index contributed by atoms with van der Waals surface area (Å²) in [7, 11) is 0. The summed E-state index contributed by atoms with van der Waals surface area (Å²) < 4.78 is 1.20. The Morgan fingerprint density at radius 3 is 2.89 bits per heavy atom. The number of aryl methyl sites for hydroxylation is 2. The van der Waals surface area contributed by atoms with Gasteiger partial charge in [0.05, 0.1) is 21.6 Å². The first kappa shape index (κ1) is 11.2. The van der Waals surface area contributed by atoms with E-state index in [0.717, 1.165) is 22.0 Å². The molecule has 0 radical (unpaired) electrons. The van der Waals surface area contributed by atoms with E-state index in [0.29, 0.717) is 0 Å². The molecule has 0 atom stereocenters. The Morgan fingerprint density at radius 1 is 1.17 bits per heavy atom. The van der Waals surface area contributed by atoms with Crippen LogP contribution in [0, 0.1) is 13.8 Å². The molecular weight excluding hydrogens is 242 g/mol. The van der Waals surface area contributed by atoms with Crippen molar-refractivity contribution in [2.45, 2.75) is 13.8 Å². The van der Waals surface area contributed by atoms with E-state index in [-0.39, 0.29) is 0 Å². The topological polar surface area (TPSA) is 37.8 Å². The lowest BCUT2D eigenvalue weighted by molar-refractivity contribution is 1.20. The van der Waals surface area contributed by atoms with E-state index in [9.17, 15) is 0 Å². The molecule has 3 rings (SSSR count). The second kappa shape index (κ2) is 4.38. The summed E-state index contributed by atoms with van der Waals surface area (Å²) in [6, 6.07) is 10.3. The number of anilines is 2. The molecule has 0 bridgehead atoms. The first-order valence-corrected chi connectivity index (χ1v) is 6.60. The zero-order valence-corrected chi connectivity index (χ0v) is 11.1. The van der Waals surface area contributed by atoms with Crippen LogP contribution in [0.3, 0.4) is 0 Å². The number of nitrogens with one attached hydrogen (secondary N) is 1. The van der Waals surface area contributed by atoms with Crippen molar-refractivity contribution in [1.29, 1.82) is 0 Å². The molecule has 0 saturated heterocycles. The van der Waals surface area contributed by atoms with Gasteiger partial charge in [0.15, 0.2) is 5.13 Å². The second-order valence-corrected chi connectivity index (χ2v) is 5.28. The molecule has 0 amide bonds. The zero-order chi connectivity index (χ0) is 12.5. The number of aromatic nitrogens is 2. The summed E-state index contributed by atoms with van der Waals surface area (Å²) >= 11 is 1.66. The van der Waals surface area contributed by atoms with Crippen LogP contribution in [0.1, 0.15) is 11.3 Å². The van der Waals surface area contributed by atoms with Crippen molar-refractivity contribution in [2.24, 2.45) is 0 Å². The maximum atomic E-state index is 4.59. The summed E-state index contributed by atoms with van der Waals surface area (Å²) in [6.07, 6.45) is 1.79. The van der Waals surface area contributed by atoms with Gasteiger partial charge in [-0.15, -0.1) is 0 Å². The van der Waals surface area contributed by atoms with Crippen LogP contribution in [0.25, 0.3) is 10.2 Å². The van der Waals surface area contributed by atoms with Crippen molar-refractivity contribution in [2.75, 3.05) is 5.32 Å². The molecule has 2 aromatic heterocycles. The lowest BCUT2D eigenvalue weighted by atomic mass is 10.2. The molecule has 0 saturated carbocycles. The Balaban J connectivity index is 1.98. The van der Waals surface area contributed by atoms with E-state index in [1.807, 2.05) is 19.1 Å². The van der Waals surface area contributed by atoms with Gasteiger partial charge in [0.1, 0.15) is 0 Å². The molecule has 3 nitrogen and oxygen atoms in total. The molecule has 2 heterocycles. The molecule has 4 heteroatoms. The highest BCUT2D eigenvalue weighted by molar-refractivity contribution is 7.22. The smallest absolute Gasteiger partial charge is 0.188 e. The van der Waals surface area contributed by atoms with Gasteiger partial charge in [-0.2, -0.15) is 0 Å². The van der Waals surface area contributed by atoms with E-state index >= 15 is 0 Å². The zero-order valence-electron chi connectivity index (χ0n) is 10.3. The van der Waals surface area contributed by atoms with Crippen molar-refractivity contribution in [3.63, 3.8) is 0 Å². The molecule has 0 fully saturated rings. The summed E-state index contributed by atoms with van der Waals surface area (Å²) in [6.45, 7) is 4.07. The lowest BCUT2D eigenvalue weighted by Gasteiger charge is -2.04. The minimum atomic E-state index is 0.909. The Bertz CT molecular complexity index is 703.